The average molecular weight is 311 g/mol. The van der Waals surface area contributed by atoms with Crippen LogP contribution in [0.2, 0.25) is 0 Å². The molecule has 1 amide bonds. The number of ketones is 1. The SMILES string of the molecule is CCCCCNc1sc(C(=O)C(C)C)c(N)c1C(=O)NC. The van der Waals surface area contributed by atoms with Crippen molar-refractivity contribution in [1.82, 2.24) is 5.32 Å². The lowest BCUT2D eigenvalue weighted by Gasteiger charge is -2.06. The third-order valence-corrected chi connectivity index (χ3v) is 4.39. The van der Waals surface area contributed by atoms with Crippen LogP contribution >= 0.6 is 11.3 Å². The molecule has 5 nitrogen and oxygen atoms in total. The third kappa shape index (κ3) is 4.20. The van der Waals surface area contributed by atoms with Gasteiger partial charge in [0.25, 0.3) is 5.91 Å². The molecule has 0 aliphatic carbocycles. The van der Waals surface area contributed by atoms with Crippen LogP contribution in [0.5, 0.6) is 0 Å². The van der Waals surface area contributed by atoms with Gasteiger partial charge in [-0.05, 0) is 6.42 Å². The van der Waals surface area contributed by atoms with Gasteiger partial charge >= 0.3 is 0 Å². The van der Waals surface area contributed by atoms with E-state index in [9.17, 15) is 9.59 Å². The summed E-state index contributed by atoms with van der Waals surface area (Å²) in [6.07, 6.45) is 3.28. The Morgan fingerprint density at radius 2 is 1.95 bits per heavy atom. The lowest BCUT2D eigenvalue weighted by Crippen LogP contribution is -2.20. The Kier molecular flexibility index (Phi) is 6.68. The second-order valence-corrected chi connectivity index (χ2v) is 6.30. The minimum absolute atomic E-state index is 0.0238. The average Bonchev–Trinajstić information content (AvgIpc) is 2.78. The number of nitrogens with one attached hydrogen (secondary N) is 2. The molecule has 0 spiro atoms. The van der Waals surface area contributed by atoms with Gasteiger partial charge < -0.3 is 16.4 Å². The molecule has 1 heterocycles. The van der Waals surface area contributed by atoms with E-state index in [0.717, 1.165) is 25.8 Å². The number of unbranched alkanes of at least 4 members (excludes halogenated alkanes) is 2. The number of nitrogen functional groups attached to an aromatic ring is 1. The number of rotatable bonds is 8. The molecule has 21 heavy (non-hydrogen) atoms. The van der Waals surface area contributed by atoms with E-state index in [4.69, 9.17) is 5.73 Å². The number of carbonyl (C=O) groups is 2. The van der Waals surface area contributed by atoms with Gasteiger partial charge in [-0.25, -0.2) is 0 Å². The van der Waals surface area contributed by atoms with Crippen molar-refractivity contribution in [1.29, 1.82) is 0 Å². The van der Waals surface area contributed by atoms with Gasteiger partial charge in [0, 0.05) is 19.5 Å². The zero-order valence-electron chi connectivity index (χ0n) is 13.2. The molecule has 118 valence electrons. The highest BCUT2D eigenvalue weighted by molar-refractivity contribution is 7.19. The number of hydrogen-bond acceptors (Lipinski definition) is 5. The Bertz CT molecular complexity index is 509. The predicted molar refractivity (Wildman–Crippen MR) is 89.3 cm³/mol. The van der Waals surface area contributed by atoms with Gasteiger partial charge in [0.1, 0.15) is 5.00 Å². The van der Waals surface area contributed by atoms with E-state index < -0.39 is 0 Å². The monoisotopic (exact) mass is 311 g/mol. The summed E-state index contributed by atoms with van der Waals surface area (Å²) >= 11 is 1.28. The standard InChI is InChI=1S/C15H25N3O2S/c1-5-6-7-8-18-15-10(14(20)17-4)11(16)13(21-15)12(19)9(2)3/h9,18H,5-8,16H2,1-4H3,(H,17,20). The van der Waals surface area contributed by atoms with Gasteiger partial charge in [0.05, 0.1) is 16.1 Å². The Balaban J connectivity index is 3.06. The van der Waals surface area contributed by atoms with Crippen molar-refractivity contribution < 1.29 is 9.59 Å². The maximum Gasteiger partial charge on any atom is 0.256 e. The summed E-state index contributed by atoms with van der Waals surface area (Å²) in [4.78, 5) is 24.7. The van der Waals surface area contributed by atoms with Crippen molar-refractivity contribution >= 4 is 33.7 Å². The fraction of sp³-hybridized carbons (Fsp3) is 0.600. The summed E-state index contributed by atoms with van der Waals surface area (Å²) in [6, 6.07) is 0. The van der Waals surface area contributed by atoms with Crippen LogP contribution < -0.4 is 16.4 Å². The van der Waals surface area contributed by atoms with E-state index in [2.05, 4.69) is 17.6 Å². The van der Waals surface area contributed by atoms with Crippen molar-refractivity contribution in [3.05, 3.63) is 10.4 Å². The minimum Gasteiger partial charge on any atom is -0.397 e. The lowest BCUT2D eigenvalue weighted by atomic mass is 10.1. The summed E-state index contributed by atoms with van der Waals surface area (Å²) in [6.45, 7) is 6.57. The van der Waals surface area contributed by atoms with Gasteiger partial charge in [-0.15, -0.1) is 11.3 Å². The third-order valence-electron chi connectivity index (χ3n) is 3.21. The summed E-state index contributed by atoms with van der Waals surface area (Å²) < 4.78 is 0. The van der Waals surface area contributed by atoms with Crippen LogP contribution in [-0.2, 0) is 0 Å². The predicted octanol–water partition coefficient (Wildman–Crippen LogP) is 3.13. The maximum atomic E-state index is 12.2. The molecular formula is C15H25N3O2S. The highest BCUT2D eigenvalue weighted by atomic mass is 32.1. The van der Waals surface area contributed by atoms with Crippen LogP contribution in [0.15, 0.2) is 0 Å². The first-order valence-electron chi connectivity index (χ1n) is 7.36. The molecular weight excluding hydrogens is 286 g/mol. The molecule has 0 saturated heterocycles. The Morgan fingerprint density at radius 3 is 2.48 bits per heavy atom. The summed E-state index contributed by atoms with van der Waals surface area (Å²) in [5.41, 5.74) is 6.72. The molecule has 1 rings (SSSR count). The van der Waals surface area contributed by atoms with E-state index in [1.807, 2.05) is 13.8 Å². The summed E-state index contributed by atoms with van der Waals surface area (Å²) in [5.74, 6) is -0.426. The number of anilines is 2. The van der Waals surface area contributed by atoms with Crippen molar-refractivity contribution in [3.63, 3.8) is 0 Å². The maximum absolute atomic E-state index is 12.2. The summed E-state index contributed by atoms with van der Waals surface area (Å²) in [5, 5.41) is 6.51. The Morgan fingerprint density at radius 1 is 1.29 bits per heavy atom. The molecule has 1 aromatic heterocycles. The first-order chi connectivity index (χ1) is 9.93. The molecule has 0 fully saturated rings. The van der Waals surface area contributed by atoms with Gasteiger partial charge in [-0.3, -0.25) is 9.59 Å². The number of amides is 1. The Labute approximate surface area is 130 Å². The Hall–Kier alpha value is -1.56. The van der Waals surface area contributed by atoms with Crippen molar-refractivity contribution in [2.75, 3.05) is 24.6 Å². The largest absolute Gasteiger partial charge is 0.397 e. The molecule has 0 saturated carbocycles. The quantitative estimate of drug-likeness (QED) is 0.509. The molecule has 4 N–H and O–H groups in total. The van der Waals surface area contributed by atoms with Gasteiger partial charge in [-0.1, -0.05) is 33.6 Å². The second-order valence-electron chi connectivity index (χ2n) is 5.28. The molecule has 0 bridgehead atoms. The zero-order chi connectivity index (χ0) is 16.0. The van der Waals surface area contributed by atoms with Gasteiger partial charge in [0.2, 0.25) is 0 Å². The van der Waals surface area contributed by atoms with Crippen LogP contribution in [0.25, 0.3) is 0 Å². The highest BCUT2D eigenvalue weighted by Crippen LogP contribution is 2.37. The van der Waals surface area contributed by atoms with E-state index in [1.54, 1.807) is 7.05 Å². The van der Waals surface area contributed by atoms with Gasteiger partial charge in [-0.2, -0.15) is 0 Å². The normalized spacial score (nSPS) is 10.7. The lowest BCUT2D eigenvalue weighted by molar-refractivity contribution is 0.0944. The van der Waals surface area contributed by atoms with Crippen LogP contribution in [0, 0.1) is 5.92 Å². The van der Waals surface area contributed by atoms with E-state index >= 15 is 0 Å². The fourth-order valence-electron chi connectivity index (χ4n) is 1.94. The number of nitrogens with two attached hydrogens (primary N) is 1. The molecule has 0 unspecified atom stereocenters. The molecule has 0 aliphatic heterocycles. The zero-order valence-corrected chi connectivity index (χ0v) is 14.0. The van der Waals surface area contributed by atoms with Crippen LogP contribution in [-0.4, -0.2) is 25.3 Å². The van der Waals surface area contributed by atoms with Gasteiger partial charge in [0.15, 0.2) is 5.78 Å². The van der Waals surface area contributed by atoms with E-state index in [1.165, 1.54) is 11.3 Å². The van der Waals surface area contributed by atoms with E-state index in [-0.39, 0.29) is 23.3 Å². The first kappa shape index (κ1) is 17.5. The molecule has 1 aromatic rings. The van der Waals surface area contributed by atoms with Crippen molar-refractivity contribution in [3.8, 4) is 0 Å². The van der Waals surface area contributed by atoms with Crippen LogP contribution in [0.3, 0.4) is 0 Å². The molecule has 0 radical (unpaired) electrons. The van der Waals surface area contributed by atoms with Crippen molar-refractivity contribution in [2.24, 2.45) is 5.92 Å². The number of Topliss-reactive ketones (excluding diaryl/α,β-unsaturated/α-hetero) is 1. The molecule has 0 atom stereocenters. The van der Waals surface area contributed by atoms with E-state index in [0.29, 0.717) is 15.4 Å². The second kappa shape index (κ2) is 8.02. The first-order valence-corrected chi connectivity index (χ1v) is 8.18. The minimum atomic E-state index is -0.260. The number of thiophene rings is 1. The van der Waals surface area contributed by atoms with Crippen LogP contribution in [0.1, 0.15) is 60.1 Å². The molecule has 0 aliphatic rings. The highest BCUT2D eigenvalue weighted by Gasteiger charge is 2.25. The van der Waals surface area contributed by atoms with Crippen molar-refractivity contribution in [2.45, 2.75) is 40.0 Å². The number of hydrogen-bond donors (Lipinski definition) is 3. The van der Waals surface area contributed by atoms with Crippen LogP contribution in [0.4, 0.5) is 10.7 Å². The fourth-order valence-corrected chi connectivity index (χ4v) is 3.17. The molecule has 0 aromatic carbocycles. The topological polar surface area (TPSA) is 84.2 Å². The smallest absolute Gasteiger partial charge is 0.256 e. The molecule has 6 heteroatoms. The summed E-state index contributed by atoms with van der Waals surface area (Å²) in [7, 11) is 1.56. The number of carbonyl (C=O) groups excluding carboxylic acids is 2.